The molecule has 0 bridgehead atoms. The number of rotatable bonds is 8. The molecule has 8 heteroatoms. The third kappa shape index (κ3) is 6.25. The van der Waals surface area contributed by atoms with Gasteiger partial charge in [0.1, 0.15) is 24.4 Å². The fourth-order valence-electron chi connectivity index (χ4n) is 3.54. The highest BCUT2D eigenvalue weighted by Gasteiger charge is 2.22. The highest BCUT2D eigenvalue weighted by atomic mass is 35.5. The van der Waals surface area contributed by atoms with Gasteiger partial charge in [-0.1, -0.05) is 84.4 Å². The first-order valence-corrected chi connectivity index (χ1v) is 10.9. The molecule has 0 aromatic heterocycles. The van der Waals surface area contributed by atoms with Crippen molar-refractivity contribution in [3.05, 3.63) is 95.2 Å². The summed E-state index contributed by atoms with van der Waals surface area (Å²) in [5, 5.41) is 5.22. The smallest absolute Gasteiger partial charge is 0.410 e. The number of benzene rings is 3. The first-order chi connectivity index (χ1) is 16.1. The molecule has 0 saturated carbocycles. The number of nitrogens with zero attached hydrogens (tertiary/aromatic N) is 1. The highest BCUT2D eigenvalue weighted by Crippen LogP contribution is 2.20. The van der Waals surface area contributed by atoms with Crippen LogP contribution in [-0.4, -0.2) is 36.1 Å². The van der Waals surface area contributed by atoms with E-state index in [1.54, 1.807) is 6.08 Å². The minimum absolute atomic E-state index is 0.123. The van der Waals surface area contributed by atoms with Gasteiger partial charge in [0, 0.05) is 0 Å². The quantitative estimate of drug-likeness (QED) is 0.490. The summed E-state index contributed by atoms with van der Waals surface area (Å²) in [5.74, 6) is -0.327. The molecule has 1 unspecified atom stereocenters. The zero-order chi connectivity index (χ0) is 23.0. The Balaban J connectivity index is 1.45. The average Bonchev–Trinajstić information content (AvgIpc) is 3.26. The number of carbonyl (C=O) groups is 2. The summed E-state index contributed by atoms with van der Waals surface area (Å²) in [7, 11) is 0. The molecule has 7 nitrogen and oxygen atoms in total. The molecule has 170 valence electrons. The lowest BCUT2D eigenvalue weighted by Crippen LogP contribution is -2.42. The fourth-order valence-corrected chi connectivity index (χ4v) is 3.72. The van der Waals surface area contributed by atoms with Gasteiger partial charge in [-0.2, -0.15) is 0 Å². The number of hydrogen-bond acceptors (Lipinski definition) is 5. The van der Waals surface area contributed by atoms with Crippen LogP contribution in [0.5, 0.6) is 0 Å². The van der Waals surface area contributed by atoms with Gasteiger partial charge in [0.15, 0.2) is 0 Å². The van der Waals surface area contributed by atoms with E-state index in [0.717, 1.165) is 21.9 Å². The molecule has 2 amide bonds. The lowest BCUT2D eigenvalue weighted by molar-refractivity contribution is -0.122. The van der Waals surface area contributed by atoms with Gasteiger partial charge in [-0.3, -0.25) is 20.0 Å². The van der Waals surface area contributed by atoms with Crippen molar-refractivity contribution in [1.82, 2.24) is 15.7 Å². The van der Waals surface area contributed by atoms with Crippen LogP contribution in [0, 0.1) is 0 Å². The van der Waals surface area contributed by atoms with Crippen LogP contribution in [-0.2, 0) is 27.5 Å². The molecule has 4 rings (SSSR count). The van der Waals surface area contributed by atoms with Crippen molar-refractivity contribution in [2.24, 2.45) is 0 Å². The SMILES string of the molecule is O=C(CN(Cc1cccc2ccccc12)C(=O)OCc1ccccc1)NCC1C=C(Cl)NO1. The third-order valence-electron chi connectivity index (χ3n) is 5.18. The summed E-state index contributed by atoms with van der Waals surface area (Å²) in [4.78, 5) is 32.2. The lowest BCUT2D eigenvalue weighted by atomic mass is 10.0. The number of nitrogens with one attached hydrogen (secondary N) is 2. The molecule has 33 heavy (non-hydrogen) atoms. The first-order valence-electron chi connectivity index (χ1n) is 10.6. The van der Waals surface area contributed by atoms with Gasteiger partial charge in [0.2, 0.25) is 5.91 Å². The van der Waals surface area contributed by atoms with Crippen LogP contribution < -0.4 is 10.8 Å². The van der Waals surface area contributed by atoms with E-state index in [-0.39, 0.29) is 38.3 Å². The van der Waals surface area contributed by atoms with Gasteiger partial charge in [-0.15, -0.1) is 0 Å². The van der Waals surface area contributed by atoms with Crippen molar-refractivity contribution in [2.45, 2.75) is 19.3 Å². The van der Waals surface area contributed by atoms with Crippen LogP contribution in [0.4, 0.5) is 4.79 Å². The average molecular weight is 466 g/mol. The predicted molar refractivity (Wildman–Crippen MR) is 126 cm³/mol. The molecule has 0 radical (unpaired) electrons. The lowest BCUT2D eigenvalue weighted by Gasteiger charge is -2.23. The minimum atomic E-state index is -0.566. The highest BCUT2D eigenvalue weighted by molar-refractivity contribution is 6.29. The third-order valence-corrected chi connectivity index (χ3v) is 5.38. The normalized spacial score (nSPS) is 14.9. The van der Waals surface area contributed by atoms with Gasteiger partial charge in [0.05, 0.1) is 13.1 Å². The first kappa shape index (κ1) is 22.6. The maximum atomic E-state index is 13.0. The second-order valence-corrected chi connectivity index (χ2v) is 8.02. The van der Waals surface area contributed by atoms with Crippen molar-refractivity contribution >= 4 is 34.4 Å². The van der Waals surface area contributed by atoms with E-state index >= 15 is 0 Å². The molecule has 3 aromatic carbocycles. The van der Waals surface area contributed by atoms with Gasteiger partial charge in [-0.25, -0.2) is 4.79 Å². The van der Waals surface area contributed by atoms with E-state index in [1.165, 1.54) is 4.90 Å². The van der Waals surface area contributed by atoms with Gasteiger partial charge < -0.3 is 10.1 Å². The van der Waals surface area contributed by atoms with Crippen LogP contribution in [0.1, 0.15) is 11.1 Å². The molecule has 0 fully saturated rings. The van der Waals surface area contributed by atoms with Crippen molar-refractivity contribution in [2.75, 3.05) is 13.1 Å². The number of carbonyl (C=O) groups excluding carboxylic acids is 2. The van der Waals surface area contributed by atoms with Crippen LogP contribution in [0.15, 0.2) is 84.0 Å². The Kier molecular flexibility index (Phi) is 7.44. The Morgan fingerprint density at radius 2 is 1.79 bits per heavy atom. The molecule has 0 saturated heterocycles. The number of amides is 2. The minimum Gasteiger partial charge on any atom is -0.445 e. The molecule has 3 aromatic rings. The molecule has 1 aliphatic heterocycles. The molecular weight excluding hydrogens is 442 g/mol. The molecule has 2 N–H and O–H groups in total. The van der Waals surface area contributed by atoms with Crippen molar-refractivity contribution in [1.29, 1.82) is 0 Å². The van der Waals surface area contributed by atoms with Gasteiger partial charge in [0.25, 0.3) is 0 Å². The maximum absolute atomic E-state index is 13.0. The van der Waals surface area contributed by atoms with Gasteiger partial charge >= 0.3 is 6.09 Å². The van der Waals surface area contributed by atoms with Crippen molar-refractivity contribution in [3.8, 4) is 0 Å². The van der Waals surface area contributed by atoms with E-state index in [2.05, 4.69) is 10.8 Å². The largest absolute Gasteiger partial charge is 0.445 e. The Labute approximate surface area is 196 Å². The number of hydroxylamine groups is 1. The zero-order valence-corrected chi connectivity index (χ0v) is 18.6. The number of hydrogen-bond donors (Lipinski definition) is 2. The number of ether oxygens (including phenoxy) is 1. The van der Waals surface area contributed by atoms with E-state index < -0.39 is 6.09 Å². The summed E-state index contributed by atoms with van der Waals surface area (Å²) < 4.78 is 5.51. The van der Waals surface area contributed by atoms with Crippen molar-refractivity contribution in [3.63, 3.8) is 0 Å². The number of halogens is 1. The zero-order valence-electron chi connectivity index (χ0n) is 17.9. The Morgan fingerprint density at radius 1 is 1.03 bits per heavy atom. The van der Waals surface area contributed by atoms with E-state index in [0.29, 0.717) is 5.16 Å². The monoisotopic (exact) mass is 465 g/mol. The Bertz CT molecular complexity index is 1150. The molecule has 0 aliphatic carbocycles. The van der Waals surface area contributed by atoms with Crippen LogP contribution in [0.2, 0.25) is 0 Å². The fraction of sp³-hybridized carbons (Fsp3) is 0.200. The Hall–Kier alpha value is -3.55. The van der Waals surface area contributed by atoms with E-state index in [4.69, 9.17) is 21.2 Å². The van der Waals surface area contributed by atoms with Crippen LogP contribution >= 0.6 is 11.6 Å². The predicted octanol–water partition coefficient (Wildman–Crippen LogP) is 4.08. The maximum Gasteiger partial charge on any atom is 0.410 e. The van der Waals surface area contributed by atoms with E-state index in [9.17, 15) is 9.59 Å². The molecule has 1 heterocycles. The summed E-state index contributed by atoms with van der Waals surface area (Å²) >= 11 is 5.81. The molecule has 0 spiro atoms. The van der Waals surface area contributed by atoms with E-state index in [1.807, 2.05) is 72.8 Å². The second kappa shape index (κ2) is 10.8. The summed E-state index contributed by atoms with van der Waals surface area (Å²) in [6.45, 7) is 0.422. The summed E-state index contributed by atoms with van der Waals surface area (Å²) in [5.41, 5.74) is 4.32. The molecule has 1 atom stereocenters. The number of fused-ring (bicyclic) bond motifs is 1. The second-order valence-electron chi connectivity index (χ2n) is 7.61. The topological polar surface area (TPSA) is 79.9 Å². The van der Waals surface area contributed by atoms with Crippen LogP contribution in [0.25, 0.3) is 10.8 Å². The Morgan fingerprint density at radius 3 is 2.58 bits per heavy atom. The molecular formula is C25H24ClN3O4. The van der Waals surface area contributed by atoms with Crippen LogP contribution in [0.3, 0.4) is 0 Å². The summed E-state index contributed by atoms with van der Waals surface area (Å²) in [6.07, 6.45) is 0.714. The molecule has 1 aliphatic rings. The van der Waals surface area contributed by atoms with Gasteiger partial charge in [-0.05, 0) is 28.0 Å². The summed E-state index contributed by atoms with van der Waals surface area (Å²) in [6, 6.07) is 23.2. The van der Waals surface area contributed by atoms with Crippen molar-refractivity contribution < 1.29 is 19.2 Å². The standard InChI is InChI=1S/C25H24ClN3O4/c26-23-13-21(33-28-23)14-27-24(30)16-29(25(31)32-17-18-7-2-1-3-8-18)15-20-11-6-10-19-9-4-5-12-22(19)20/h1-13,21,28H,14-17H2,(H,27,30).